The number of aliphatic imine (C=N–C) groups is 1. The summed E-state index contributed by atoms with van der Waals surface area (Å²) in [6, 6.07) is 5.92. The molecule has 0 saturated carbocycles. The van der Waals surface area contributed by atoms with Crippen LogP contribution in [0.2, 0.25) is 0 Å². The van der Waals surface area contributed by atoms with Gasteiger partial charge < -0.3 is 20.3 Å². The van der Waals surface area contributed by atoms with Crippen molar-refractivity contribution in [3.63, 3.8) is 0 Å². The molecule has 1 aromatic carbocycles. The number of alkyl halides is 3. The third-order valence-corrected chi connectivity index (χ3v) is 4.94. The molecule has 1 heterocycles. The van der Waals surface area contributed by atoms with Gasteiger partial charge in [-0.2, -0.15) is 13.2 Å². The van der Waals surface area contributed by atoms with Crippen LogP contribution < -0.4 is 15.4 Å². The number of hydrogen-bond donors (Lipinski definition) is 2. The Morgan fingerprint density at radius 3 is 2.53 bits per heavy atom. The first-order valence-electron chi connectivity index (χ1n) is 9.99. The van der Waals surface area contributed by atoms with Crippen LogP contribution in [0.3, 0.4) is 0 Å². The van der Waals surface area contributed by atoms with Crippen molar-refractivity contribution in [2.45, 2.75) is 32.6 Å². The topological polar surface area (TPSA) is 69.2 Å². The maximum atomic E-state index is 12.9. The predicted molar refractivity (Wildman–Crippen MR) is 109 cm³/mol. The van der Waals surface area contributed by atoms with E-state index >= 15 is 0 Å². The first-order chi connectivity index (χ1) is 14.2. The molecule has 1 aliphatic heterocycles. The molecule has 1 unspecified atom stereocenters. The molecule has 30 heavy (non-hydrogen) atoms. The van der Waals surface area contributed by atoms with Crippen molar-refractivity contribution in [2.24, 2.45) is 4.99 Å². The van der Waals surface area contributed by atoms with Crippen LogP contribution in [0.5, 0.6) is 5.75 Å². The van der Waals surface area contributed by atoms with Crippen molar-refractivity contribution in [2.75, 3.05) is 46.4 Å². The molecule has 10 heteroatoms. The van der Waals surface area contributed by atoms with E-state index in [1.165, 1.54) is 11.8 Å². The van der Waals surface area contributed by atoms with Crippen LogP contribution in [-0.4, -0.2) is 80.3 Å². The molecule has 0 bridgehead atoms. The molecule has 168 valence electrons. The van der Waals surface area contributed by atoms with Crippen LogP contribution in [0.1, 0.15) is 19.4 Å². The number of rotatable bonds is 7. The van der Waals surface area contributed by atoms with Gasteiger partial charge in [0.15, 0.2) is 12.6 Å². The largest absolute Gasteiger partial charge is 0.484 e. The van der Waals surface area contributed by atoms with E-state index in [2.05, 4.69) is 15.6 Å². The number of benzene rings is 1. The zero-order valence-corrected chi connectivity index (χ0v) is 17.6. The monoisotopic (exact) mass is 429 g/mol. The van der Waals surface area contributed by atoms with Gasteiger partial charge in [0.1, 0.15) is 11.8 Å². The Morgan fingerprint density at radius 2 is 1.93 bits per heavy atom. The average Bonchev–Trinajstić information content (AvgIpc) is 2.72. The Bertz CT molecular complexity index is 719. The average molecular weight is 429 g/mol. The highest BCUT2D eigenvalue weighted by Gasteiger charge is 2.41. The van der Waals surface area contributed by atoms with Crippen LogP contribution >= 0.6 is 0 Å². The molecule has 1 fully saturated rings. The number of carbonyl (C=O) groups is 1. The van der Waals surface area contributed by atoms with E-state index in [-0.39, 0.29) is 12.5 Å². The minimum Gasteiger partial charge on any atom is -0.484 e. The van der Waals surface area contributed by atoms with E-state index in [0.717, 1.165) is 5.56 Å². The molecule has 0 aliphatic carbocycles. The highest BCUT2D eigenvalue weighted by Crippen LogP contribution is 2.25. The zero-order valence-electron chi connectivity index (χ0n) is 17.6. The molecule has 0 spiro atoms. The highest BCUT2D eigenvalue weighted by atomic mass is 19.4. The Morgan fingerprint density at radius 1 is 1.23 bits per heavy atom. The fourth-order valence-electron chi connectivity index (χ4n) is 3.18. The fourth-order valence-corrected chi connectivity index (χ4v) is 3.18. The molecular weight excluding hydrogens is 399 g/mol. The quantitative estimate of drug-likeness (QED) is 0.512. The second-order valence-corrected chi connectivity index (χ2v) is 7.03. The number of ether oxygens (including phenoxy) is 1. The predicted octanol–water partition coefficient (Wildman–Crippen LogP) is 1.85. The summed E-state index contributed by atoms with van der Waals surface area (Å²) in [5.74, 6) is 1.05. The Labute approximate surface area is 175 Å². The number of nitrogens with one attached hydrogen (secondary N) is 2. The number of carbonyl (C=O) groups excluding carboxylic acids is 1. The SMILES string of the molecule is CCNC(=O)COc1cccc(CNC(=NC)N2CCN(C(C)C(F)(F)F)CC2)c1. The van der Waals surface area contributed by atoms with Crippen LogP contribution in [0.25, 0.3) is 0 Å². The smallest absolute Gasteiger partial charge is 0.403 e. The van der Waals surface area contributed by atoms with E-state index in [0.29, 0.717) is 51.0 Å². The van der Waals surface area contributed by atoms with Crippen molar-refractivity contribution in [3.05, 3.63) is 29.8 Å². The van der Waals surface area contributed by atoms with Gasteiger partial charge in [-0.25, -0.2) is 0 Å². The molecule has 1 saturated heterocycles. The first kappa shape index (κ1) is 23.8. The summed E-state index contributed by atoms with van der Waals surface area (Å²) in [4.78, 5) is 19.2. The minimum atomic E-state index is -4.22. The Balaban J connectivity index is 1.85. The molecule has 1 aliphatic rings. The number of amides is 1. The van der Waals surface area contributed by atoms with Gasteiger partial charge in [0.2, 0.25) is 0 Å². The molecule has 2 N–H and O–H groups in total. The fraction of sp³-hybridized carbons (Fsp3) is 0.600. The lowest BCUT2D eigenvalue weighted by Gasteiger charge is -2.39. The normalized spacial score (nSPS) is 16.9. The number of likely N-dealkylation sites (N-methyl/N-ethyl adjacent to an activating group) is 1. The Hall–Kier alpha value is -2.49. The molecular formula is C20H30F3N5O2. The van der Waals surface area contributed by atoms with Crippen molar-refractivity contribution < 1.29 is 22.7 Å². The molecule has 7 nitrogen and oxygen atoms in total. The number of guanidine groups is 1. The number of halogens is 3. The number of nitrogens with zero attached hydrogens (tertiary/aromatic N) is 3. The van der Waals surface area contributed by atoms with Crippen LogP contribution in [0.15, 0.2) is 29.3 Å². The summed E-state index contributed by atoms with van der Waals surface area (Å²) in [6.07, 6.45) is -4.22. The summed E-state index contributed by atoms with van der Waals surface area (Å²) >= 11 is 0. The Kier molecular flexibility index (Phi) is 8.76. The van der Waals surface area contributed by atoms with Crippen LogP contribution in [-0.2, 0) is 11.3 Å². The third-order valence-electron chi connectivity index (χ3n) is 4.94. The maximum absolute atomic E-state index is 12.9. The van der Waals surface area contributed by atoms with Crippen LogP contribution in [0.4, 0.5) is 13.2 Å². The van der Waals surface area contributed by atoms with E-state index in [1.54, 1.807) is 13.1 Å². The zero-order chi connectivity index (χ0) is 22.1. The molecule has 0 radical (unpaired) electrons. The van der Waals surface area contributed by atoms with E-state index in [9.17, 15) is 18.0 Å². The van der Waals surface area contributed by atoms with Gasteiger partial charge >= 0.3 is 6.18 Å². The van der Waals surface area contributed by atoms with Crippen molar-refractivity contribution >= 4 is 11.9 Å². The van der Waals surface area contributed by atoms with Crippen molar-refractivity contribution in [1.29, 1.82) is 0 Å². The van der Waals surface area contributed by atoms with Crippen LogP contribution in [0, 0.1) is 0 Å². The lowest BCUT2D eigenvalue weighted by Crippen LogP contribution is -2.56. The number of hydrogen-bond acceptors (Lipinski definition) is 4. The van der Waals surface area contributed by atoms with Gasteiger partial charge in [-0.15, -0.1) is 0 Å². The van der Waals surface area contributed by atoms with Gasteiger partial charge in [0.25, 0.3) is 5.91 Å². The van der Waals surface area contributed by atoms with Gasteiger partial charge in [0, 0.05) is 46.3 Å². The standard InChI is InChI=1S/C20H30F3N5O2/c1-4-25-18(29)14-30-17-7-5-6-16(12-17)13-26-19(24-3)28-10-8-27(9-11-28)15(2)20(21,22)23/h5-7,12,15H,4,8-11,13-14H2,1-3H3,(H,24,26)(H,25,29). The maximum Gasteiger partial charge on any atom is 0.403 e. The first-order valence-corrected chi connectivity index (χ1v) is 9.99. The van der Waals surface area contributed by atoms with Crippen molar-refractivity contribution in [1.82, 2.24) is 20.4 Å². The molecule has 0 aromatic heterocycles. The van der Waals surface area contributed by atoms with Gasteiger partial charge in [0.05, 0.1) is 0 Å². The van der Waals surface area contributed by atoms with Gasteiger partial charge in [-0.1, -0.05) is 12.1 Å². The summed E-state index contributed by atoms with van der Waals surface area (Å²) in [5, 5.41) is 5.91. The summed E-state index contributed by atoms with van der Waals surface area (Å²) in [5.41, 5.74) is 0.939. The molecule has 1 amide bonds. The second kappa shape index (κ2) is 11.1. The number of piperazine rings is 1. The highest BCUT2D eigenvalue weighted by molar-refractivity contribution is 5.80. The third kappa shape index (κ3) is 7.08. The van der Waals surface area contributed by atoms with E-state index in [4.69, 9.17) is 4.74 Å². The summed E-state index contributed by atoms with van der Waals surface area (Å²) < 4.78 is 44.2. The summed E-state index contributed by atoms with van der Waals surface area (Å²) in [7, 11) is 1.65. The molecule has 1 aromatic rings. The van der Waals surface area contributed by atoms with Crippen molar-refractivity contribution in [3.8, 4) is 5.75 Å². The summed E-state index contributed by atoms with van der Waals surface area (Å²) in [6.45, 7) is 5.60. The minimum absolute atomic E-state index is 0.0486. The lowest BCUT2D eigenvalue weighted by molar-refractivity contribution is -0.181. The van der Waals surface area contributed by atoms with Gasteiger partial charge in [-0.3, -0.25) is 14.7 Å². The molecule has 1 atom stereocenters. The lowest BCUT2D eigenvalue weighted by atomic mass is 10.2. The van der Waals surface area contributed by atoms with E-state index < -0.39 is 12.2 Å². The molecule has 2 rings (SSSR count). The van der Waals surface area contributed by atoms with E-state index in [1.807, 2.05) is 30.0 Å². The van der Waals surface area contributed by atoms with Gasteiger partial charge in [-0.05, 0) is 31.5 Å². The second-order valence-electron chi connectivity index (χ2n) is 7.03.